The van der Waals surface area contributed by atoms with Crippen LogP contribution >= 0.6 is 0 Å². The molecule has 0 saturated heterocycles. The molecule has 0 aromatic heterocycles. The van der Waals surface area contributed by atoms with E-state index in [0.717, 1.165) is 0 Å². The summed E-state index contributed by atoms with van der Waals surface area (Å²) in [5, 5.41) is 0. The number of aryl methyl sites for hydroxylation is 1. The third kappa shape index (κ3) is 3.26. The highest BCUT2D eigenvalue weighted by Crippen LogP contribution is 2.29. The second-order valence-corrected chi connectivity index (χ2v) is 6.06. The van der Waals surface area contributed by atoms with E-state index in [2.05, 4.69) is 77.1 Å². The normalized spacial score (nSPS) is 11.3. The highest BCUT2D eigenvalue weighted by atomic mass is 14.1. The van der Waals surface area contributed by atoms with Crippen LogP contribution in [-0.4, -0.2) is 0 Å². The number of rotatable bonds is 3. The maximum absolute atomic E-state index is 2.35. The summed E-state index contributed by atoms with van der Waals surface area (Å²) >= 11 is 0. The summed E-state index contributed by atoms with van der Waals surface area (Å²) in [5.41, 5.74) is 6.83. The van der Waals surface area contributed by atoms with Crippen molar-refractivity contribution >= 4 is 0 Å². The van der Waals surface area contributed by atoms with Gasteiger partial charge < -0.3 is 0 Å². The van der Waals surface area contributed by atoms with Gasteiger partial charge in [0, 0.05) is 0 Å². The third-order valence-corrected chi connectivity index (χ3v) is 3.70. The van der Waals surface area contributed by atoms with E-state index in [1.165, 1.54) is 27.8 Å². The molecule has 19 heavy (non-hydrogen) atoms. The molecule has 0 fully saturated rings. The van der Waals surface area contributed by atoms with Gasteiger partial charge in [-0.1, -0.05) is 75.7 Å². The molecule has 2 rings (SSSR count). The monoisotopic (exact) mass is 252 g/mol. The molecule has 100 valence electrons. The topological polar surface area (TPSA) is 0 Å². The molecule has 0 heterocycles. The van der Waals surface area contributed by atoms with Gasteiger partial charge in [0.2, 0.25) is 0 Å². The Morgan fingerprint density at radius 2 is 1.11 bits per heavy atom. The Morgan fingerprint density at radius 1 is 0.632 bits per heavy atom. The van der Waals surface area contributed by atoms with Gasteiger partial charge in [0.05, 0.1) is 0 Å². The van der Waals surface area contributed by atoms with Gasteiger partial charge in [-0.2, -0.15) is 0 Å². The first-order valence-electron chi connectivity index (χ1n) is 7.19. The lowest BCUT2D eigenvalue weighted by atomic mass is 9.91. The Morgan fingerprint density at radius 3 is 1.53 bits per heavy atom. The van der Waals surface area contributed by atoms with E-state index >= 15 is 0 Å². The van der Waals surface area contributed by atoms with Crippen molar-refractivity contribution in [1.82, 2.24) is 0 Å². The van der Waals surface area contributed by atoms with Crippen LogP contribution in [0.15, 0.2) is 42.5 Å². The first-order valence-corrected chi connectivity index (χ1v) is 7.19. The van der Waals surface area contributed by atoms with Crippen molar-refractivity contribution in [2.24, 2.45) is 0 Å². The van der Waals surface area contributed by atoms with Gasteiger partial charge in [0.25, 0.3) is 0 Å². The van der Waals surface area contributed by atoms with E-state index in [1.54, 1.807) is 0 Å². The van der Waals surface area contributed by atoms with Crippen LogP contribution in [-0.2, 0) is 0 Å². The Hall–Kier alpha value is -1.56. The highest BCUT2D eigenvalue weighted by Gasteiger charge is 2.08. The second-order valence-electron chi connectivity index (χ2n) is 6.06. The largest absolute Gasteiger partial charge is 0.0587 e. The summed E-state index contributed by atoms with van der Waals surface area (Å²) in [4.78, 5) is 0. The Balaban J connectivity index is 2.52. The molecule has 2 aromatic rings. The molecule has 0 aliphatic rings. The number of benzene rings is 2. The average Bonchev–Trinajstić information content (AvgIpc) is 2.39. The second kappa shape index (κ2) is 5.61. The van der Waals surface area contributed by atoms with E-state index in [1.807, 2.05) is 0 Å². The Labute approximate surface area is 117 Å². The summed E-state index contributed by atoms with van der Waals surface area (Å²) in [6.45, 7) is 11.2. The molecule has 0 radical (unpaired) electrons. The molecule has 0 aliphatic carbocycles. The van der Waals surface area contributed by atoms with Crippen LogP contribution < -0.4 is 0 Å². The van der Waals surface area contributed by atoms with Crippen molar-refractivity contribution in [2.45, 2.75) is 46.5 Å². The molecule has 2 aromatic carbocycles. The summed E-state index contributed by atoms with van der Waals surface area (Å²) in [5.74, 6) is 1.14. The maximum atomic E-state index is 2.35. The van der Waals surface area contributed by atoms with Gasteiger partial charge in [-0.3, -0.25) is 0 Å². The average molecular weight is 252 g/mol. The van der Waals surface area contributed by atoms with E-state index in [0.29, 0.717) is 11.8 Å². The van der Waals surface area contributed by atoms with Crippen molar-refractivity contribution in [3.63, 3.8) is 0 Å². The first-order chi connectivity index (χ1) is 8.97. The van der Waals surface area contributed by atoms with E-state index in [4.69, 9.17) is 0 Å². The summed E-state index contributed by atoms with van der Waals surface area (Å²) in [6.07, 6.45) is 0. The number of hydrogen-bond donors (Lipinski definition) is 0. The van der Waals surface area contributed by atoms with Gasteiger partial charge in [0.15, 0.2) is 0 Å². The van der Waals surface area contributed by atoms with Gasteiger partial charge in [-0.25, -0.2) is 0 Å². The minimum Gasteiger partial charge on any atom is -0.0587 e. The van der Waals surface area contributed by atoms with Gasteiger partial charge in [0.1, 0.15) is 0 Å². The molecule has 0 nitrogen and oxygen atoms in total. The lowest BCUT2D eigenvalue weighted by Crippen LogP contribution is -1.95. The van der Waals surface area contributed by atoms with Crippen LogP contribution in [0.3, 0.4) is 0 Å². The smallest absolute Gasteiger partial charge is 0.0178 e. The van der Waals surface area contributed by atoms with Crippen LogP contribution in [0.25, 0.3) is 11.1 Å². The Kier molecular flexibility index (Phi) is 4.09. The van der Waals surface area contributed by atoms with Crippen LogP contribution in [0, 0.1) is 6.92 Å². The summed E-state index contributed by atoms with van der Waals surface area (Å²) < 4.78 is 0. The fourth-order valence-corrected chi connectivity index (χ4v) is 2.26. The fourth-order valence-electron chi connectivity index (χ4n) is 2.26. The minimum atomic E-state index is 0.572. The van der Waals surface area contributed by atoms with Crippen LogP contribution in [0.2, 0.25) is 0 Å². The van der Waals surface area contributed by atoms with Crippen molar-refractivity contribution in [3.8, 4) is 11.1 Å². The quantitative estimate of drug-likeness (QED) is 0.637. The van der Waals surface area contributed by atoms with E-state index in [-0.39, 0.29) is 0 Å². The molecular formula is C19H24. The molecule has 0 bridgehead atoms. The predicted octanol–water partition coefficient (Wildman–Crippen LogP) is 5.91. The standard InChI is InChI=1S/C19H24/c1-13(2)17-10-18(14(3)4)12-19(11-17)16-8-6-15(5)7-9-16/h6-14H,1-5H3. The lowest BCUT2D eigenvalue weighted by molar-refractivity contribution is 0.834. The molecule has 0 aliphatic heterocycles. The molecule has 0 atom stereocenters. The number of hydrogen-bond acceptors (Lipinski definition) is 0. The minimum absolute atomic E-state index is 0.572. The molecule has 0 N–H and O–H groups in total. The van der Waals surface area contributed by atoms with Crippen LogP contribution in [0.1, 0.15) is 56.2 Å². The highest BCUT2D eigenvalue weighted by molar-refractivity contribution is 5.66. The summed E-state index contributed by atoms with van der Waals surface area (Å²) in [6, 6.07) is 15.8. The third-order valence-electron chi connectivity index (χ3n) is 3.70. The Bertz CT molecular complexity index is 519. The lowest BCUT2D eigenvalue weighted by Gasteiger charge is -2.14. The molecule has 0 spiro atoms. The molecule has 0 unspecified atom stereocenters. The van der Waals surface area contributed by atoms with Crippen molar-refractivity contribution in [3.05, 3.63) is 59.2 Å². The SMILES string of the molecule is Cc1ccc(-c2cc(C(C)C)cc(C(C)C)c2)cc1. The molecular weight excluding hydrogens is 228 g/mol. The first kappa shape index (κ1) is 13.9. The zero-order chi connectivity index (χ0) is 14.0. The fraction of sp³-hybridized carbons (Fsp3) is 0.368. The molecule has 0 amide bonds. The van der Waals surface area contributed by atoms with Crippen LogP contribution in [0.5, 0.6) is 0 Å². The molecule has 0 heteroatoms. The summed E-state index contributed by atoms with van der Waals surface area (Å²) in [7, 11) is 0. The van der Waals surface area contributed by atoms with E-state index < -0.39 is 0 Å². The zero-order valence-electron chi connectivity index (χ0n) is 12.7. The van der Waals surface area contributed by atoms with Crippen molar-refractivity contribution in [1.29, 1.82) is 0 Å². The predicted molar refractivity (Wildman–Crippen MR) is 84.8 cm³/mol. The zero-order valence-corrected chi connectivity index (χ0v) is 12.7. The van der Waals surface area contributed by atoms with Crippen molar-refractivity contribution < 1.29 is 0 Å². The van der Waals surface area contributed by atoms with Gasteiger partial charge in [-0.15, -0.1) is 0 Å². The van der Waals surface area contributed by atoms with Crippen molar-refractivity contribution in [2.75, 3.05) is 0 Å². The van der Waals surface area contributed by atoms with Crippen LogP contribution in [0.4, 0.5) is 0 Å². The van der Waals surface area contributed by atoms with Gasteiger partial charge in [-0.05, 0) is 41.0 Å². The van der Waals surface area contributed by atoms with Gasteiger partial charge >= 0.3 is 0 Å². The molecule has 0 saturated carbocycles. The maximum Gasteiger partial charge on any atom is -0.0178 e. The van der Waals surface area contributed by atoms with E-state index in [9.17, 15) is 0 Å².